The van der Waals surface area contributed by atoms with E-state index in [1.165, 1.54) is 12.7 Å². The molecule has 104 valence electrons. The number of nitrogens with zero attached hydrogens (tertiary/aromatic N) is 2. The fraction of sp³-hybridized carbons (Fsp3) is 0.533. The molecule has 2 rings (SSSR count). The zero-order chi connectivity index (χ0) is 13.8. The molecule has 19 heavy (non-hydrogen) atoms. The van der Waals surface area contributed by atoms with Crippen LogP contribution in [0.5, 0.6) is 0 Å². The summed E-state index contributed by atoms with van der Waals surface area (Å²) in [4.78, 5) is 16.6. The Morgan fingerprint density at radius 3 is 2.53 bits per heavy atom. The average molecular weight is 262 g/mol. The van der Waals surface area contributed by atoms with Crippen molar-refractivity contribution in [2.24, 2.45) is 0 Å². The molecule has 0 radical (unpaired) electrons. The highest BCUT2D eigenvalue weighted by Crippen LogP contribution is 2.24. The molecule has 0 aromatic heterocycles. The smallest absolute Gasteiger partial charge is 0.327 e. The second kappa shape index (κ2) is 6.17. The van der Waals surface area contributed by atoms with Gasteiger partial charge in [-0.05, 0) is 19.5 Å². The Bertz CT molecular complexity index is 440. The van der Waals surface area contributed by atoms with Gasteiger partial charge in [0.15, 0.2) is 0 Å². The molecular formula is C15H22N2O2. The molecule has 4 heteroatoms. The van der Waals surface area contributed by atoms with E-state index in [0.29, 0.717) is 0 Å². The van der Waals surface area contributed by atoms with Crippen molar-refractivity contribution >= 4 is 5.97 Å². The molecule has 1 saturated heterocycles. The van der Waals surface area contributed by atoms with Crippen molar-refractivity contribution in [1.82, 2.24) is 9.80 Å². The standard InChI is InChI=1S/C15H22N2O2/c1-12-5-4-6-13(11-12)14(15(18)19-3)17-9-7-16(2)8-10-17/h4-6,11,14H,7-10H2,1-3H3. The molecule has 1 unspecified atom stereocenters. The first-order valence-electron chi connectivity index (χ1n) is 6.69. The summed E-state index contributed by atoms with van der Waals surface area (Å²) >= 11 is 0. The zero-order valence-electron chi connectivity index (χ0n) is 11.9. The number of ether oxygens (including phenoxy) is 1. The van der Waals surface area contributed by atoms with Gasteiger partial charge >= 0.3 is 5.97 Å². The van der Waals surface area contributed by atoms with Gasteiger partial charge < -0.3 is 9.64 Å². The van der Waals surface area contributed by atoms with Gasteiger partial charge in [-0.15, -0.1) is 0 Å². The summed E-state index contributed by atoms with van der Waals surface area (Å²) in [6.45, 7) is 5.80. The molecule has 1 aromatic rings. The maximum atomic E-state index is 12.1. The maximum absolute atomic E-state index is 12.1. The second-order valence-electron chi connectivity index (χ2n) is 5.18. The molecule has 0 N–H and O–H groups in total. The van der Waals surface area contributed by atoms with Crippen LogP contribution in [0.2, 0.25) is 0 Å². The third-order valence-corrected chi connectivity index (χ3v) is 3.69. The number of hydrogen-bond acceptors (Lipinski definition) is 4. The first-order valence-corrected chi connectivity index (χ1v) is 6.69. The highest BCUT2D eigenvalue weighted by Gasteiger charge is 2.30. The van der Waals surface area contributed by atoms with Crippen LogP contribution in [0.1, 0.15) is 17.2 Å². The first-order chi connectivity index (χ1) is 9.11. The molecule has 0 bridgehead atoms. The van der Waals surface area contributed by atoms with Gasteiger partial charge in [0, 0.05) is 26.2 Å². The largest absolute Gasteiger partial charge is 0.468 e. The Hall–Kier alpha value is -1.39. The molecule has 1 atom stereocenters. The normalized spacial score (nSPS) is 19.1. The molecule has 1 aliphatic heterocycles. The van der Waals surface area contributed by atoms with E-state index >= 15 is 0 Å². The molecule has 0 spiro atoms. The Morgan fingerprint density at radius 2 is 1.95 bits per heavy atom. The van der Waals surface area contributed by atoms with Gasteiger partial charge in [0.05, 0.1) is 7.11 Å². The van der Waals surface area contributed by atoms with Crippen LogP contribution in [-0.4, -0.2) is 56.1 Å². The van der Waals surface area contributed by atoms with Gasteiger partial charge in [0.2, 0.25) is 0 Å². The van der Waals surface area contributed by atoms with Crippen LogP contribution in [-0.2, 0) is 9.53 Å². The Kier molecular flexibility index (Phi) is 4.56. The molecule has 1 fully saturated rings. The molecular weight excluding hydrogens is 240 g/mol. The lowest BCUT2D eigenvalue weighted by atomic mass is 10.0. The molecule has 0 saturated carbocycles. The zero-order valence-corrected chi connectivity index (χ0v) is 11.9. The van der Waals surface area contributed by atoms with Crippen molar-refractivity contribution in [3.05, 3.63) is 35.4 Å². The fourth-order valence-corrected chi connectivity index (χ4v) is 2.53. The summed E-state index contributed by atoms with van der Waals surface area (Å²) in [6, 6.07) is 7.84. The lowest BCUT2D eigenvalue weighted by molar-refractivity contribution is -0.148. The van der Waals surface area contributed by atoms with Crippen molar-refractivity contribution < 1.29 is 9.53 Å². The van der Waals surface area contributed by atoms with E-state index in [0.717, 1.165) is 31.7 Å². The summed E-state index contributed by atoms with van der Waals surface area (Å²) in [5.41, 5.74) is 2.19. The Balaban J connectivity index is 2.23. The number of rotatable bonds is 3. The van der Waals surface area contributed by atoms with Crippen LogP contribution < -0.4 is 0 Å². The predicted octanol–water partition coefficient (Wildman–Crippen LogP) is 1.46. The Labute approximate surface area is 115 Å². The summed E-state index contributed by atoms with van der Waals surface area (Å²) < 4.78 is 4.99. The molecule has 4 nitrogen and oxygen atoms in total. The third-order valence-electron chi connectivity index (χ3n) is 3.69. The van der Waals surface area contributed by atoms with Crippen LogP contribution >= 0.6 is 0 Å². The second-order valence-corrected chi connectivity index (χ2v) is 5.18. The van der Waals surface area contributed by atoms with E-state index in [4.69, 9.17) is 4.74 Å². The first kappa shape index (κ1) is 14.0. The van der Waals surface area contributed by atoms with Crippen molar-refractivity contribution in [3.8, 4) is 0 Å². The van der Waals surface area contributed by atoms with Crippen molar-refractivity contribution in [2.75, 3.05) is 40.3 Å². The monoisotopic (exact) mass is 262 g/mol. The number of hydrogen-bond donors (Lipinski definition) is 0. The Morgan fingerprint density at radius 1 is 1.26 bits per heavy atom. The quantitative estimate of drug-likeness (QED) is 0.772. The van der Waals surface area contributed by atoms with Gasteiger partial charge in [0.1, 0.15) is 6.04 Å². The number of aryl methyl sites for hydroxylation is 1. The minimum absolute atomic E-state index is 0.171. The number of piperazine rings is 1. The lowest BCUT2D eigenvalue weighted by Gasteiger charge is -2.36. The van der Waals surface area contributed by atoms with Gasteiger partial charge in [0.25, 0.3) is 0 Å². The summed E-state index contributed by atoms with van der Waals surface area (Å²) in [6.07, 6.45) is 0. The highest BCUT2D eigenvalue weighted by atomic mass is 16.5. The molecule has 0 amide bonds. The molecule has 1 aliphatic rings. The maximum Gasteiger partial charge on any atom is 0.327 e. The van der Waals surface area contributed by atoms with Gasteiger partial charge in [-0.25, -0.2) is 4.79 Å². The van der Waals surface area contributed by atoms with Crippen LogP contribution in [0.25, 0.3) is 0 Å². The molecule has 0 aliphatic carbocycles. The van der Waals surface area contributed by atoms with E-state index in [9.17, 15) is 4.79 Å². The number of benzene rings is 1. The number of carbonyl (C=O) groups is 1. The molecule has 1 heterocycles. The minimum atomic E-state index is -0.279. The predicted molar refractivity (Wildman–Crippen MR) is 75.0 cm³/mol. The number of likely N-dealkylation sites (N-methyl/N-ethyl adjacent to an activating group) is 1. The summed E-state index contributed by atoms with van der Waals surface area (Å²) in [5, 5.41) is 0. The third kappa shape index (κ3) is 3.33. The van der Waals surface area contributed by atoms with Gasteiger partial charge in [-0.2, -0.15) is 0 Å². The minimum Gasteiger partial charge on any atom is -0.468 e. The fourth-order valence-electron chi connectivity index (χ4n) is 2.53. The topological polar surface area (TPSA) is 32.8 Å². The van der Waals surface area contributed by atoms with E-state index < -0.39 is 0 Å². The number of esters is 1. The van der Waals surface area contributed by atoms with Crippen molar-refractivity contribution in [1.29, 1.82) is 0 Å². The average Bonchev–Trinajstić information content (AvgIpc) is 2.41. The lowest BCUT2D eigenvalue weighted by Crippen LogP contribution is -2.48. The van der Waals surface area contributed by atoms with Crippen LogP contribution in [0, 0.1) is 6.92 Å². The number of carbonyl (C=O) groups excluding carboxylic acids is 1. The molecule has 1 aromatic carbocycles. The SMILES string of the molecule is COC(=O)C(c1cccc(C)c1)N1CCN(C)CC1. The van der Waals surface area contributed by atoms with E-state index in [2.05, 4.69) is 22.9 Å². The van der Waals surface area contributed by atoms with Gasteiger partial charge in [-0.3, -0.25) is 4.90 Å². The van der Waals surface area contributed by atoms with Crippen molar-refractivity contribution in [2.45, 2.75) is 13.0 Å². The van der Waals surface area contributed by atoms with E-state index in [1.807, 2.05) is 25.1 Å². The van der Waals surface area contributed by atoms with E-state index in [1.54, 1.807) is 0 Å². The van der Waals surface area contributed by atoms with Crippen molar-refractivity contribution in [3.63, 3.8) is 0 Å². The van der Waals surface area contributed by atoms with E-state index in [-0.39, 0.29) is 12.0 Å². The highest BCUT2D eigenvalue weighted by molar-refractivity contribution is 5.77. The van der Waals surface area contributed by atoms with Crippen LogP contribution in [0.15, 0.2) is 24.3 Å². The van der Waals surface area contributed by atoms with Crippen LogP contribution in [0.4, 0.5) is 0 Å². The number of methoxy groups -OCH3 is 1. The summed E-state index contributed by atoms with van der Waals surface area (Å²) in [5.74, 6) is -0.171. The summed E-state index contributed by atoms with van der Waals surface area (Å²) in [7, 11) is 3.57. The van der Waals surface area contributed by atoms with Gasteiger partial charge in [-0.1, -0.05) is 29.8 Å². The van der Waals surface area contributed by atoms with Crippen LogP contribution in [0.3, 0.4) is 0 Å².